The molecule has 0 aliphatic heterocycles. The van der Waals surface area contributed by atoms with Gasteiger partial charge in [-0.3, -0.25) is 9.78 Å². The number of nitrogens with zero attached hydrogens (tertiary/aromatic N) is 3. The molecule has 162 valence electrons. The van der Waals surface area contributed by atoms with Crippen molar-refractivity contribution in [3.8, 4) is 6.07 Å². The van der Waals surface area contributed by atoms with Crippen LogP contribution in [0.3, 0.4) is 0 Å². The SMILES string of the molecule is CN(C)CCNC(=O)OC1CCc2c(sc(NC(=O)C=Cc3cccnc3)c2C#N)C1. The topological polar surface area (TPSA) is 107 Å². The summed E-state index contributed by atoms with van der Waals surface area (Å²) < 4.78 is 5.53. The van der Waals surface area contributed by atoms with E-state index in [0.717, 1.165) is 22.5 Å². The first-order valence-electron chi connectivity index (χ1n) is 9.99. The van der Waals surface area contributed by atoms with E-state index in [1.807, 2.05) is 25.1 Å². The van der Waals surface area contributed by atoms with E-state index in [2.05, 4.69) is 21.7 Å². The van der Waals surface area contributed by atoms with E-state index in [4.69, 9.17) is 4.74 Å². The quantitative estimate of drug-likeness (QED) is 0.643. The fourth-order valence-electron chi connectivity index (χ4n) is 3.24. The fourth-order valence-corrected chi connectivity index (χ4v) is 4.50. The Bertz CT molecular complexity index is 995. The van der Waals surface area contributed by atoms with Crippen molar-refractivity contribution in [2.45, 2.75) is 25.4 Å². The van der Waals surface area contributed by atoms with Gasteiger partial charge in [-0.2, -0.15) is 5.26 Å². The largest absolute Gasteiger partial charge is 0.446 e. The molecule has 0 saturated carbocycles. The number of aromatic nitrogens is 1. The van der Waals surface area contributed by atoms with Crippen LogP contribution in [0.5, 0.6) is 0 Å². The van der Waals surface area contributed by atoms with E-state index in [-0.39, 0.29) is 12.0 Å². The Hall–Kier alpha value is -3.22. The van der Waals surface area contributed by atoms with Crippen LogP contribution in [0.2, 0.25) is 0 Å². The summed E-state index contributed by atoms with van der Waals surface area (Å²) in [6.07, 6.45) is 7.55. The van der Waals surface area contributed by atoms with Crippen molar-refractivity contribution in [1.82, 2.24) is 15.2 Å². The molecule has 0 bridgehead atoms. The van der Waals surface area contributed by atoms with Crippen molar-refractivity contribution in [1.29, 1.82) is 5.26 Å². The molecule has 0 radical (unpaired) electrons. The van der Waals surface area contributed by atoms with Gasteiger partial charge in [0.1, 0.15) is 17.2 Å². The molecule has 1 aliphatic rings. The minimum atomic E-state index is -0.429. The zero-order chi connectivity index (χ0) is 22.2. The van der Waals surface area contributed by atoms with E-state index in [1.165, 1.54) is 17.4 Å². The summed E-state index contributed by atoms with van der Waals surface area (Å²) in [5.74, 6) is -0.313. The number of hydrogen-bond acceptors (Lipinski definition) is 7. The van der Waals surface area contributed by atoms with Gasteiger partial charge >= 0.3 is 6.09 Å². The van der Waals surface area contributed by atoms with Crippen LogP contribution < -0.4 is 10.6 Å². The summed E-state index contributed by atoms with van der Waals surface area (Å²) in [7, 11) is 3.87. The highest BCUT2D eigenvalue weighted by Gasteiger charge is 2.28. The molecule has 2 aromatic rings. The molecule has 2 heterocycles. The number of hydrogen-bond donors (Lipinski definition) is 2. The van der Waals surface area contributed by atoms with Gasteiger partial charge in [0.15, 0.2) is 0 Å². The van der Waals surface area contributed by atoms with Gasteiger partial charge in [-0.1, -0.05) is 6.07 Å². The van der Waals surface area contributed by atoms with Crippen molar-refractivity contribution in [3.63, 3.8) is 0 Å². The minimum absolute atomic E-state index is 0.244. The monoisotopic (exact) mass is 439 g/mol. The van der Waals surface area contributed by atoms with Crippen LogP contribution in [0, 0.1) is 11.3 Å². The van der Waals surface area contributed by atoms with E-state index in [0.29, 0.717) is 36.4 Å². The zero-order valence-electron chi connectivity index (χ0n) is 17.6. The maximum absolute atomic E-state index is 12.3. The molecule has 8 nitrogen and oxygen atoms in total. The molecule has 1 aliphatic carbocycles. The Morgan fingerprint density at radius 1 is 1.45 bits per heavy atom. The number of anilines is 1. The van der Waals surface area contributed by atoms with Crippen molar-refractivity contribution in [3.05, 3.63) is 52.2 Å². The normalized spacial score (nSPS) is 15.4. The number of fused-ring (bicyclic) bond motifs is 1. The van der Waals surface area contributed by atoms with Crippen molar-refractivity contribution in [2.75, 3.05) is 32.5 Å². The summed E-state index contributed by atoms with van der Waals surface area (Å²) >= 11 is 1.37. The maximum Gasteiger partial charge on any atom is 0.407 e. The number of amides is 2. The number of nitrogens with one attached hydrogen (secondary N) is 2. The molecule has 0 saturated heterocycles. The Kier molecular flexibility index (Phi) is 7.76. The third kappa shape index (κ3) is 6.38. The van der Waals surface area contributed by atoms with E-state index < -0.39 is 6.09 Å². The highest BCUT2D eigenvalue weighted by Crippen LogP contribution is 2.38. The zero-order valence-corrected chi connectivity index (χ0v) is 18.4. The Labute approximate surface area is 185 Å². The number of carbonyl (C=O) groups excluding carboxylic acids is 2. The average Bonchev–Trinajstić information content (AvgIpc) is 3.08. The highest BCUT2D eigenvalue weighted by atomic mass is 32.1. The van der Waals surface area contributed by atoms with Crippen LogP contribution in [0.15, 0.2) is 30.6 Å². The van der Waals surface area contributed by atoms with Crippen LogP contribution in [0.1, 0.15) is 28.0 Å². The molecular formula is C22H25N5O3S. The lowest BCUT2D eigenvalue weighted by Crippen LogP contribution is -2.35. The van der Waals surface area contributed by atoms with Crippen LogP contribution >= 0.6 is 11.3 Å². The molecule has 1 atom stereocenters. The third-order valence-corrected chi connectivity index (χ3v) is 5.95. The number of ether oxygens (including phenoxy) is 1. The highest BCUT2D eigenvalue weighted by molar-refractivity contribution is 7.16. The van der Waals surface area contributed by atoms with Crippen molar-refractivity contribution in [2.24, 2.45) is 0 Å². The lowest BCUT2D eigenvalue weighted by atomic mass is 9.94. The van der Waals surface area contributed by atoms with Crippen LogP contribution in [-0.2, 0) is 22.4 Å². The predicted octanol–water partition coefficient (Wildman–Crippen LogP) is 2.81. The molecule has 0 fully saturated rings. The van der Waals surface area contributed by atoms with Gasteiger partial charge in [0.2, 0.25) is 5.91 Å². The van der Waals surface area contributed by atoms with E-state index in [9.17, 15) is 14.9 Å². The Morgan fingerprint density at radius 2 is 2.29 bits per heavy atom. The first-order chi connectivity index (χ1) is 15.0. The molecule has 2 aromatic heterocycles. The summed E-state index contributed by atoms with van der Waals surface area (Å²) in [6.45, 7) is 1.25. The summed E-state index contributed by atoms with van der Waals surface area (Å²) in [5, 5.41) is 15.7. The second kappa shape index (κ2) is 10.7. The number of pyridine rings is 1. The van der Waals surface area contributed by atoms with Crippen molar-refractivity contribution < 1.29 is 14.3 Å². The third-order valence-electron chi connectivity index (χ3n) is 4.78. The molecule has 31 heavy (non-hydrogen) atoms. The van der Waals surface area contributed by atoms with E-state index >= 15 is 0 Å². The second-order valence-electron chi connectivity index (χ2n) is 7.43. The first kappa shape index (κ1) is 22.5. The number of alkyl carbamates (subject to hydrolysis) is 1. The summed E-state index contributed by atoms with van der Waals surface area (Å²) in [6, 6.07) is 5.85. The number of likely N-dealkylation sites (N-methyl/N-ethyl adjacent to an activating group) is 1. The van der Waals surface area contributed by atoms with Gasteiger partial charge in [0.05, 0.1) is 5.56 Å². The molecule has 2 N–H and O–H groups in total. The Morgan fingerprint density at radius 3 is 3.00 bits per heavy atom. The fraction of sp³-hybridized carbons (Fsp3) is 0.364. The predicted molar refractivity (Wildman–Crippen MR) is 120 cm³/mol. The standard InChI is InChI=1S/C22H25N5O3S/c1-27(2)11-10-25-22(29)30-16-6-7-17-18(13-23)21(31-19(17)12-16)26-20(28)8-5-15-4-3-9-24-14-15/h3-5,8-9,14,16H,6-7,10-12H2,1-2H3,(H,25,29)(H,26,28). The minimum Gasteiger partial charge on any atom is -0.446 e. The molecule has 2 amide bonds. The van der Waals surface area contributed by atoms with Crippen LogP contribution in [-0.4, -0.2) is 55.2 Å². The molecule has 1 unspecified atom stereocenters. The molecular weight excluding hydrogens is 414 g/mol. The first-order valence-corrected chi connectivity index (χ1v) is 10.8. The molecule has 0 aromatic carbocycles. The van der Waals surface area contributed by atoms with Crippen LogP contribution in [0.4, 0.5) is 9.80 Å². The lowest BCUT2D eigenvalue weighted by molar-refractivity contribution is -0.111. The molecule has 9 heteroatoms. The number of carbonyl (C=O) groups is 2. The smallest absolute Gasteiger partial charge is 0.407 e. The van der Waals surface area contributed by atoms with Crippen LogP contribution in [0.25, 0.3) is 6.08 Å². The maximum atomic E-state index is 12.3. The second-order valence-corrected chi connectivity index (χ2v) is 8.53. The van der Waals surface area contributed by atoms with Gasteiger partial charge < -0.3 is 20.3 Å². The average molecular weight is 440 g/mol. The van der Waals surface area contributed by atoms with Gasteiger partial charge in [0.25, 0.3) is 0 Å². The Balaban J connectivity index is 1.61. The number of nitriles is 1. The van der Waals surface area contributed by atoms with Gasteiger partial charge in [0, 0.05) is 42.9 Å². The lowest BCUT2D eigenvalue weighted by Gasteiger charge is -2.22. The summed E-state index contributed by atoms with van der Waals surface area (Å²) in [4.78, 5) is 31.3. The molecule has 0 spiro atoms. The van der Waals surface area contributed by atoms with Gasteiger partial charge in [-0.05, 0) is 50.2 Å². The van der Waals surface area contributed by atoms with E-state index in [1.54, 1.807) is 24.5 Å². The van der Waals surface area contributed by atoms with Crippen molar-refractivity contribution >= 4 is 34.4 Å². The van der Waals surface area contributed by atoms with Gasteiger partial charge in [-0.25, -0.2) is 4.79 Å². The van der Waals surface area contributed by atoms with Gasteiger partial charge in [-0.15, -0.1) is 11.3 Å². The summed E-state index contributed by atoms with van der Waals surface area (Å²) in [5.41, 5.74) is 2.25. The number of rotatable bonds is 7. The molecule has 3 rings (SSSR count). The number of thiophene rings is 1.